The number of nitrogens with zero attached hydrogens (tertiary/aromatic N) is 3. The first-order chi connectivity index (χ1) is 7.30. The maximum Gasteiger partial charge on any atom is 0.435 e. The molecule has 7 heteroatoms. The van der Waals surface area contributed by atoms with Gasteiger partial charge >= 0.3 is 6.18 Å². The topological polar surface area (TPSA) is 38.1 Å². The number of amides is 1. The van der Waals surface area contributed by atoms with Crippen molar-refractivity contribution in [2.24, 2.45) is 0 Å². The minimum absolute atomic E-state index is 0.131. The quantitative estimate of drug-likeness (QED) is 0.793. The highest BCUT2D eigenvalue weighted by Crippen LogP contribution is 2.27. The third kappa shape index (κ3) is 3.25. The number of halogens is 3. The van der Waals surface area contributed by atoms with E-state index in [-0.39, 0.29) is 18.9 Å². The van der Waals surface area contributed by atoms with Gasteiger partial charge in [-0.05, 0) is 6.07 Å². The van der Waals surface area contributed by atoms with Gasteiger partial charge in [0.1, 0.15) is 0 Å². The Kier molecular flexibility index (Phi) is 3.56. The second kappa shape index (κ2) is 4.54. The van der Waals surface area contributed by atoms with Crippen LogP contribution in [0.15, 0.2) is 12.3 Å². The Morgan fingerprint density at radius 2 is 2.12 bits per heavy atom. The van der Waals surface area contributed by atoms with Crippen molar-refractivity contribution in [1.29, 1.82) is 0 Å². The average Bonchev–Trinajstić information content (AvgIpc) is 2.61. The lowest BCUT2D eigenvalue weighted by Crippen LogP contribution is -2.23. The first-order valence-corrected chi connectivity index (χ1v) is 4.61. The summed E-state index contributed by atoms with van der Waals surface area (Å²) in [4.78, 5) is 12.6. The molecule has 16 heavy (non-hydrogen) atoms. The van der Waals surface area contributed by atoms with E-state index in [1.54, 1.807) is 14.1 Å². The van der Waals surface area contributed by atoms with Crippen molar-refractivity contribution in [2.75, 3.05) is 14.1 Å². The van der Waals surface area contributed by atoms with Crippen LogP contribution in [0.1, 0.15) is 12.1 Å². The van der Waals surface area contributed by atoms with Crippen molar-refractivity contribution in [1.82, 2.24) is 14.7 Å². The van der Waals surface area contributed by atoms with Crippen molar-refractivity contribution >= 4 is 5.91 Å². The van der Waals surface area contributed by atoms with Crippen LogP contribution < -0.4 is 0 Å². The largest absolute Gasteiger partial charge is 0.435 e. The van der Waals surface area contributed by atoms with Gasteiger partial charge in [0.05, 0.1) is 0 Å². The number of alkyl halides is 3. The molecule has 0 N–H and O–H groups in total. The predicted molar refractivity (Wildman–Crippen MR) is 50.5 cm³/mol. The van der Waals surface area contributed by atoms with Gasteiger partial charge in [-0.15, -0.1) is 0 Å². The maximum absolute atomic E-state index is 12.2. The van der Waals surface area contributed by atoms with Crippen molar-refractivity contribution in [2.45, 2.75) is 19.1 Å². The minimum Gasteiger partial charge on any atom is -0.349 e. The molecule has 1 amide bonds. The summed E-state index contributed by atoms with van der Waals surface area (Å²) in [6, 6.07) is 0.889. The Morgan fingerprint density at radius 1 is 1.50 bits per heavy atom. The molecule has 0 aliphatic heterocycles. The van der Waals surface area contributed by atoms with E-state index in [0.29, 0.717) is 0 Å². The lowest BCUT2D eigenvalue weighted by atomic mass is 10.4. The summed E-state index contributed by atoms with van der Waals surface area (Å²) in [7, 11) is 3.18. The fraction of sp³-hybridized carbons (Fsp3) is 0.556. The number of aryl methyl sites for hydroxylation is 1. The number of carbonyl (C=O) groups excluding carboxylic acids is 1. The molecular formula is C9H12F3N3O. The maximum atomic E-state index is 12.2. The second-order valence-corrected chi connectivity index (χ2v) is 3.50. The van der Waals surface area contributed by atoms with Crippen LogP contribution in [0.5, 0.6) is 0 Å². The first kappa shape index (κ1) is 12.5. The highest BCUT2D eigenvalue weighted by molar-refractivity contribution is 5.75. The van der Waals surface area contributed by atoms with Crippen molar-refractivity contribution < 1.29 is 18.0 Å². The van der Waals surface area contributed by atoms with E-state index < -0.39 is 11.9 Å². The van der Waals surface area contributed by atoms with Crippen LogP contribution in [0.3, 0.4) is 0 Å². The molecule has 1 heterocycles. The molecule has 1 aromatic heterocycles. The van der Waals surface area contributed by atoms with Crippen molar-refractivity contribution in [3.63, 3.8) is 0 Å². The summed E-state index contributed by atoms with van der Waals surface area (Å²) in [5.74, 6) is -0.149. The lowest BCUT2D eigenvalue weighted by molar-refractivity contribution is -0.141. The fourth-order valence-corrected chi connectivity index (χ4v) is 1.07. The summed E-state index contributed by atoms with van der Waals surface area (Å²) in [5.41, 5.74) is -0.940. The van der Waals surface area contributed by atoms with Gasteiger partial charge in [0.25, 0.3) is 0 Å². The van der Waals surface area contributed by atoms with E-state index in [2.05, 4.69) is 5.10 Å². The smallest absolute Gasteiger partial charge is 0.349 e. The molecule has 0 bridgehead atoms. The van der Waals surface area contributed by atoms with Gasteiger partial charge in [-0.1, -0.05) is 0 Å². The Balaban J connectivity index is 2.57. The summed E-state index contributed by atoms with van der Waals surface area (Å²) < 4.78 is 37.6. The summed E-state index contributed by atoms with van der Waals surface area (Å²) in [6.07, 6.45) is -3.09. The molecule has 0 atom stereocenters. The second-order valence-electron chi connectivity index (χ2n) is 3.50. The zero-order valence-corrected chi connectivity index (χ0v) is 8.95. The normalized spacial score (nSPS) is 11.6. The van der Waals surface area contributed by atoms with Crippen LogP contribution >= 0.6 is 0 Å². The summed E-state index contributed by atoms with van der Waals surface area (Å²) >= 11 is 0. The molecule has 0 aromatic carbocycles. The molecule has 4 nitrogen and oxygen atoms in total. The molecule has 0 fully saturated rings. The highest BCUT2D eigenvalue weighted by Gasteiger charge is 2.33. The minimum atomic E-state index is -4.43. The van der Waals surface area contributed by atoms with Crippen LogP contribution in [0.4, 0.5) is 13.2 Å². The summed E-state index contributed by atoms with van der Waals surface area (Å²) in [5, 5.41) is 3.33. The number of carbonyl (C=O) groups is 1. The molecule has 90 valence electrons. The SMILES string of the molecule is CN(C)C(=O)CCn1ccc(C(F)(F)F)n1. The van der Waals surface area contributed by atoms with Gasteiger partial charge in [-0.2, -0.15) is 18.3 Å². The Bertz CT molecular complexity index is 370. The Hall–Kier alpha value is -1.53. The van der Waals surface area contributed by atoms with Gasteiger partial charge in [0.2, 0.25) is 5.91 Å². The molecule has 1 aromatic rings. The van der Waals surface area contributed by atoms with Gasteiger partial charge < -0.3 is 4.90 Å². The molecular weight excluding hydrogens is 223 g/mol. The van der Waals surface area contributed by atoms with E-state index in [0.717, 1.165) is 10.7 Å². The third-order valence-corrected chi connectivity index (χ3v) is 1.98. The van der Waals surface area contributed by atoms with E-state index in [9.17, 15) is 18.0 Å². The van der Waals surface area contributed by atoms with Crippen LogP contribution in [-0.4, -0.2) is 34.7 Å². The number of aromatic nitrogens is 2. The molecule has 0 radical (unpaired) electrons. The fourth-order valence-electron chi connectivity index (χ4n) is 1.07. The van der Waals surface area contributed by atoms with E-state index in [1.807, 2.05) is 0 Å². The Morgan fingerprint density at radius 3 is 2.56 bits per heavy atom. The molecule has 0 unspecified atom stereocenters. The molecule has 1 rings (SSSR count). The molecule has 0 saturated heterocycles. The predicted octanol–water partition coefficient (Wildman–Crippen LogP) is 1.38. The van der Waals surface area contributed by atoms with Crippen molar-refractivity contribution in [3.8, 4) is 0 Å². The number of hydrogen-bond acceptors (Lipinski definition) is 2. The van der Waals surface area contributed by atoms with E-state index in [4.69, 9.17) is 0 Å². The van der Waals surface area contributed by atoms with Crippen LogP contribution in [-0.2, 0) is 17.5 Å². The lowest BCUT2D eigenvalue weighted by Gasteiger charge is -2.09. The van der Waals surface area contributed by atoms with Gasteiger partial charge in [0, 0.05) is 33.3 Å². The first-order valence-electron chi connectivity index (χ1n) is 4.61. The third-order valence-electron chi connectivity index (χ3n) is 1.98. The van der Waals surface area contributed by atoms with Crippen molar-refractivity contribution in [3.05, 3.63) is 18.0 Å². The standard InChI is InChI=1S/C9H12F3N3O/c1-14(2)8(16)4-6-15-5-3-7(13-15)9(10,11)12/h3,5H,4,6H2,1-2H3. The zero-order chi connectivity index (χ0) is 12.3. The summed E-state index contributed by atoms with van der Waals surface area (Å²) in [6.45, 7) is 0.146. The average molecular weight is 235 g/mol. The van der Waals surface area contributed by atoms with Gasteiger partial charge in [0.15, 0.2) is 5.69 Å². The monoisotopic (exact) mass is 235 g/mol. The number of rotatable bonds is 3. The van der Waals surface area contributed by atoms with Crippen LogP contribution in [0, 0.1) is 0 Å². The molecule has 0 spiro atoms. The Labute approximate surface area is 90.6 Å². The molecule has 0 aliphatic carbocycles. The molecule has 0 saturated carbocycles. The number of hydrogen-bond donors (Lipinski definition) is 0. The van der Waals surface area contributed by atoms with Gasteiger partial charge in [-0.3, -0.25) is 9.48 Å². The molecule has 0 aliphatic rings. The van der Waals surface area contributed by atoms with Crippen LogP contribution in [0.25, 0.3) is 0 Å². The highest BCUT2D eigenvalue weighted by atomic mass is 19.4. The zero-order valence-electron chi connectivity index (χ0n) is 8.95. The van der Waals surface area contributed by atoms with Gasteiger partial charge in [-0.25, -0.2) is 0 Å². The van der Waals surface area contributed by atoms with E-state index in [1.165, 1.54) is 11.1 Å². The van der Waals surface area contributed by atoms with E-state index >= 15 is 0 Å². The van der Waals surface area contributed by atoms with Crippen LogP contribution in [0.2, 0.25) is 0 Å².